The number of alkyl halides is 1. The molecule has 92 valence electrons. The van der Waals surface area contributed by atoms with Gasteiger partial charge in [0.25, 0.3) is 0 Å². The Bertz CT molecular complexity index is 408. The van der Waals surface area contributed by atoms with E-state index in [2.05, 4.69) is 5.32 Å². The maximum absolute atomic E-state index is 12.6. The summed E-state index contributed by atoms with van der Waals surface area (Å²) in [4.78, 5) is 21.9. The molecule has 4 nitrogen and oxygen atoms in total. The number of hydrogen-bond acceptors (Lipinski definition) is 2. The molecule has 0 spiro atoms. The minimum absolute atomic E-state index is 0.0816. The number of rotatable bonds is 5. The first kappa shape index (κ1) is 13.4. The van der Waals surface area contributed by atoms with Crippen LogP contribution in [-0.2, 0) is 16.0 Å². The molecular weight excluding hydrogens is 249 g/mol. The van der Waals surface area contributed by atoms with Crippen molar-refractivity contribution in [3.8, 4) is 0 Å². The first-order valence-corrected chi connectivity index (χ1v) is 5.39. The van der Waals surface area contributed by atoms with E-state index in [0.717, 1.165) is 0 Å². The van der Waals surface area contributed by atoms with Crippen LogP contribution in [0.25, 0.3) is 0 Å². The van der Waals surface area contributed by atoms with Crippen molar-refractivity contribution in [3.05, 3.63) is 35.6 Å². The van der Waals surface area contributed by atoms with Gasteiger partial charge in [-0.25, -0.2) is 9.18 Å². The standard InChI is InChI=1S/C11H11ClFNO3/c12-6-10(15)14-9(11(16)17)5-7-1-3-8(13)4-2-7/h1-4,9H,5-6H2,(H,14,15)(H,16,17)/t9-/m0/s1. The van der Waals surface area contributed by atoms with Crippen molar-refractivity contribution in [2.75, 3.05) is 5.88 Å². The van der Waals surface area contributed by atoms with Crippen molar-refractivity contribution in [2.24, 2.45) is 0 Å². The van der Waals surface area contributed by atoms with Crippen LogP contribution in [0.3, 0.4) is 0 Å². The molecule has 0 radical (unpaired) electrons. The zero-order valence-electron chi connectivity index (χ0n) is 8.82. The van der Waals surface area contributed by atoms with E-state index in [-0.39, 0.29) is 12.3 Å². The van der Waals surface area contributed by atoms with Gasteiger partial charge in [0.1, 0.15) is 17.7 Å². The fourth-order valence-electron chi connectivity index (χ4n) is 1.29. The van der Waals surface area contributed by atoms with Crippen LogP contribution >= 0.6 is 11.6 Å². The topological polar surface area (TPSA) is 66.4 Å². The molecule has 0 saturated heterocycles. The highest BCUT2D eigenvalue weighted by Gasteiger charge is 2.19. The molecule has 17 heavy (non-hydrogen) atoms. The summed E-state index contributed by atoms with van der Waals surface area (Å²) in [5.74, 6) is -2.41. The van der Waals surface area contributed by atoms with E-state index in [1.165, 1.54) is 24.3 Å². The van der Waals surface area contributed by atoms with E-state index in [0.29, 0.717) is 5.56 Å². The fourth-order valence-corrected chi connectivity index (χ4v) is 1.37. The average molecular weight is 260 g/mol. The molecule has 1 amide bonds. The van der Waals surface area contributed by atoms with Gasteiger partial charge in [0.2, 0.25) is 5.91 Å². The van der Waals surface area contributed by atoms with Crippen molar-refractivity contribution in [3.63, 3.8) is 0 Å². The van der Waals surface area contributed by atoms with Gasteiger partial charge >= 0.3 is 5.97 Å². The molecule has 6 heteroatoms. The molecule has 0 saturated carbocycles. The highest BCUT2D eigenvalue weighted by atomic mass is 35.5. The lowest BCUT2D eigenvalue weighted by atomic mass is 10.1. The van der Waals surface area contributed by atoms with Gasteiger partial charge in [-0.1, -0.05) is 12.1 Å². The second-order valence-electron chi connectivity index (χ2n) is 3.42. The minimum atomic E-state index is -1.16. The van der Waals surface area contributed by atoms with Crippen LogP contribution in [0.4, 0.5) is 4.39 Å². The van der Waals surface area contributed by atoms with Gasteiger partial charge in [0.15, 0.2) is 0 Å². The van der Waals surface area contributed by atoms with Crippen LogP contribution in [0.1, 0.15) is 5.56 Å². The normalized spacial score (nSPS) is 11.9. The summed E-state index contributed by atoms with van der Waals surface area (Å²) in [7, 11) is 0. The van der Waals surface area contributed by atoms with Crippen LogP contribution in [0.5, 0.6) is 0 Å². The number of aliphatic carboxylic acids is 1. The summed E-state index contributed by atoms with van der Waals surface area (Å²) in [6, 6.07) is 4.34. The van der Waals surface area contributed by atoms with Gasteiger partial charge in [0, 0.05) is 6.42 Å². The molecule has 0 bridgehead atoms. The number of carbonyl (C=O) groups is 2. The molecule has 0 heterocycles. The molecular formula is C11H11ClFNO3. The summed E-state index contributed by atoms with van der Waals surface area (Å²) in [6.07, 6.45) is 0.0816. The lowest BCUT2D eigenvalue weighted by Gasteiger charge is -2.13. The third kappa shape index (κ3) is 4.40. The summed E-state index contributed by atoms with van der Waals surface area (Å²) in [6.45, 7) is 0. The smallest absolute Gasteiger partial charge is 0.326 e. The summed E-state index contributed by atoms with van der Waals surface area (Å²) < 4.78 is 12.6. The van der Waals surface area contributed by atoms with Crippen molar-refractivity contribution in [1.29, 1.82) is 0 Å². The fraction of sp³-hybridized carbons (Fsp3) is 0.273. The van der Waals surface area contributed by atoms with Gasteiger partial charge in [-0.05, 0) is 17.7 Å². The third-order valence-electron chi connectivity index (χ3n) is 2.11. The van der Waals surface area contributed by atoms with Crippen molar-refractivity contribution < 1.29 is 19.1 Å². The van der Waals surface area contributed by atoms with Gasteiger partial charge in [-0.3, -0.25) is 4.79 Å². The van der Waals surface area contributed by atoms with E-state index in [4.69, 9.17) is 16.7 Å². The van der Waals surface area contributed by atoms with E-state index < -0.39 is 23.7 Å². The van der Waals surface area contributed by atoms with Crippen LogP contribution in [0, 0.1) is 5.82 Å². The number of carbonyl (C=O) groups excluding carboxylic acids is 1. The largest absolute Gasteiger partial charge is 0.480 e. The number of hydrogen-bond donors (Lipinski definition) is 2. The van der Waals surface area contributed by atoms with Crippen LogP contribution < -0.4 is 5.32 Å². The molecule has 0 aliphatic heterocycles. The van der Waals surface area contributed by atoms with Crippen LogP contribution in [-0.4, -0.2) is 28.9 Å². The second-order valence-corrected chi connectivity index (χ2v) is 3.69. The van der Waals surface area contributed by atoms with E-state index in [1.807, 2.05) is 0 Å². The van der Waals surface area contributed by atoms with E-state index in [9.17, 15) is 14.0 Å². The summed E-state index contributed by atoms with van der Waals surface area (Å²) in [5.41, 5.74) is 0.619. The minimum Gasteiger partial charge on any atom is -0.480 e. The predicted molar refractivity (Wildman–Crippen MR) is 60.4 cm³/mol. The Morgan fingerprint density at radius 1 is 1.35 bits per heavy atom. The number of amides is 1. The van der Waals surface area contributed by atoms with Crippen LogP contribution in [0.15, 0.2) is 24.3 Å². The summed E-state index contributed by atoms with van der Waals surface area (Å²) in [5, 5.41) is 11.2. The molecule has 0 aliphatic rings. The molecule has 1 aromatic carbocycles. The molecule has 0 unspecified atom stereocenters. The molecule has 0 aliphatic carbocycles. The van der Waals surface area contributed by atoms with Crippen molar-refractivity contribution in [1.82, 2.24) is 5.32 Å². The van der Waals surface area contributed by atoms with Gasteiger partial charge in [-0.2, -0.15) is 0 Å². The molecule has 1 aromatic rings. The molecule has 0 fully saturated rings. The van der Waals surface area contributed by atoms with E-state index in [1.54, 1.807) is 0 Å². The predicted octanol–water partition coefficient (Wildman–Crippen LogP) is 1.18. The second kappa shape index (κ2) is 6.20. The Morgan fingerprint density at radius 3 is 2.41 bits per heavy atom. The Balaban J connectivity index is 2.70. The van der Waals surface area contributed by atoms with Gasteiger partial charge in [-0.15, -0.1) is 11.6 Å². The molecule has 2 N–H and O–H groups in total. The monoisotopic (exact) mass is 259 g/mol. The van der Waals surface area contributed by atoms with Gasteiger partial charge in [0.05, 0.1) is 0 Å². The zero-order chi connectivity index (χ0) is 12.8. The van der Waals surface area contributed by atoms with Crippen molar-refractivity contribution in [2.45, 2.75) is 12.5 Å². The number of nitrogens with one attached hydrogen (secondary N) is 1. The Morgan fingerprint density at radius 2 is 1.94 bits per heavy atom. The lowest BCUT2D eigenvalue weighted by Crippen LogP contribution is -2.42. The molecule has 1 atom stereocenters. The Kier molecular flexibility index (Phi) is 4.90. The SMILES string of the molecule is O=C(CCl)N[C@@H](Cc1ccc(F)cc1)C(=O)O. The quantitative estimate of drug-likeness (QED) is 0.781. The van der Waals surface area contributed by atoms with Gasteiger partial charge < -0.3 is 10.4 Å². The first-order chi connectivity index (χ1) is 8.02. The number of benzene rings is 1. The lowest BCUT2D eigenvalue weighted by molar-refractivity contribution is -0.141. The zero-order valence-corrected chi connectivity index (χ0v) is 9.58. The first-order valence-electron chi connectivity index (χ1n) is 4.85. The molecule has 0 aromatic heterocycles. The van der Waals surface area contributed by atoms with Crippen molar-refractivity contribution >= 4 is 23.5 Å². The maximum Gasteiger partial charge on any atom is 0.326 e. The van der Waals surface area contributed by atoms with Crippen LogP contribution in [0.2, 0.25) is 0 Å². The summed E-state index contributed by atoms with van der Waals surface area (Å²) >= 11 is 5.27. The van der Waals surface area contributed by atoms with E-state index >= 15 is 0 Å². The number of halogens is 2. The Hall–Kier alpha value is -1.62. The number of carboxylic acid groups (broad SMARTS) is 1. The third-order valence-corrected chi connectivity index (χ3v) is 2.35. The number of carboxylic acids is 1. The average Bonchev–Trinajstić information content (AvgIpc) is 2.30. The molecule has 1 rings (SSSR count). The highest BCUT2D eigenvalue weighted by Crippen LogP contribution is 2.06. The Labute approximate surface area is 102 Å². The highest BCUT2D eigenvalue weighted by molar-refractivity contribution is 6.27. The maximum atomic E-state index is 12.6.